The van der Waals surface area contributed by atoms with Crippen molar-refractivity contribution in [3.05, 3.63) is 11.1 Å². The highest BCUT2D eigenvalue weighted by atomic mass is 16.9. The highest BCUT2D eigenvalue weighted by Crippen LogP contribution is 2.58. The Kier molecular flexibility index (Phi) is 4.72. The van der Waals surface area contributed by atoms with E-state index in [0.717, 1.165) is 24.4 Å². The fraction of sp³-hybridized carbons (Fsp3) is 0.889. The monoisotopic (exact) mass is 293 g/mol. The molecule has 3 nitrogen and oxygen atoms in total. The molecule has 2 atom stereocenters. The van der Waals surface area contributed by atoms with Crippen LogP contribution in [-0.4, -0.2) is 13.2 Å². The molecular formula is C18H31NO2. The molecule has 0 aromatic rings. The summed E-state index contributed by atoms with van der Waals surface area (Å²) in [6.07, 6.45) is 9.72. The largest absolute Gasteiger partial charge is 0.276 e. The predicted molar refractivity (Wildman–Crippen MR) is 84.3 cm³/mol. The summed E-state index contributed by atoms with van der Waals surface area (Å²) in [5, 5.41) is 0. The Bertz CT molecular complexity index is 396. The summed E-state index contributed by atoms with van der Waals surface area (Å²) in [7, 11) is 0. The van der Waals surface area contributed by atoms with Crippen LogP contribution < -0.4 is 5.64 Å². The minimum atomic E-state index is 0.173. The second-order valence-corrected chi connectivity index (χ2v) is 7.68. The van der Waals surface area contributed by atoms with Crippen LogP contribution in [0.25, 0.3) is 0 Å². The molecule has 3 rings (SSSR count). The zero-order valence-corrected chi connectivity index (χ0v) is 13.9. The Labute approximate surface area is 129 Å². The van der Waals surface area contributed by atoms with Gasteiger partial charge in [0.25, 0.3) is 0 Å². The molecule has 0 radical (unpaired) electrons. The lowest BCUT2D eigenvalue weighted by Gasteiger charge is -2.28. The number of hydrogen-bond donors (Lipinski definition) is 1. The van der Waals surface area contributed by atoms with Crippen molar-refractivity contribution in [2.45, 2.75) is 65.7 Å². The molecule has 3 aliphatic rings. The molecular weight excluding hydrogens is 262 g/mol. The van der Waals surface area contributed by atoms with Gasteiger partial charge in [-0.2, -0.15) is 0 Å². The van der Waals surface area contributed by atoms with Crippen LogP contribution in [0.5, 0.6) is 0 Å². The van der Waals surface area contributed by atoms with Crippen molar-refractivity contribution in [3.8, 4) is 0 Å². The molecule has 0 aliphatic heterocycles. The van der Waals surface area contributed by atoms with E-state index in [1.54, 1.807) is 11.1 Å². The lowest BCUT2D eigenvalue weighted by molar-refractivity contribution is -0.180. The molecule has 120 valence electrons. The molecule has 0 amide bonds. The first-order valence-corrected chi connectivity index (χ1v) is 8.83. The Balaban J connectivity index is 1.40. The third-order valence-corrected chi connectivity index (χ3v) is 6.07. The van der Waals surface area contributed by atoms with Gasteiger partial charge in [-0.15, -0.1) is 0 Å². The second kappa shape index (κ2) is 6.39. The Morgan fingerprint density at radius 3 is 2.52 bits per heavy atom. The molecule has 21 heavy (non-hydrogen) atoms. The minimum absolute atomic E-state index is 0.173. The van der Waals surface area contributed by atoms with Gasteiger partial charge in [0, 0.05) is 5.41 Å². The van der Waals surface area contributed by atoms with Crippen LogP contribution in [0.3, 0.4) is 0 Å². The van der Waals surface area contributed by atoms with Gasteiger partial charge in [0.2, 0.25) is 0 Å². The van der Waals surface area contributed by atoms with Gasteiger partial charge in [-0.3, -0.25) is 9.68 Å². The molecule has 0 bridgehead atoms. The summed E-state index contributed by atoms with van der Waals surface area (Å²) in [4.78, 5) is 10.9. The smallest absolute Gasteiger partial charge is 0.0837 e. The highest BCUT2D eigenvalue weighted by Gasteiger charge is 2.50. The molecule has 0 unspecified atom stereocenters. The van der Waals surface area contributed by atoms with Crippen LogP contribution in [0.15, 0.2) is 11.1 Å². The van der Waals surface area contributed by atoms with Crippen molar-refractivity contribution in [1.82, 2.24) is 5.64 Å². The maximum Gasteiger partial charge on any atom is 0.0837 e. The predicted octanol–water partition coefficient (Wildman–Crippen LogP) is 4.40. The molecule has 2 fully saturated rings. The van der Waals surface area contributed by atoms with E-state index >= 15 is 0 Å². The maximum absolute atomic E-state index is 5.56. The zero-order chi connectivity index (χ0) is 14.9. The summed E-state index contributed by atoms with van der Waals surface area (Å²) in [5.74, 6) is 2.38. The van der Waals surface area contributed by atoms with Gasteiger partial charge < -0.3 is 0 Å². The first-order valence-electron chi connectivity index (χ1n) is 8.83. The van der Waals surface area contributed by atoms with Gasteiger partial charge in [0.15, 0.2) is 0 Å². The maximum atomic E-state index is 5.56. The van der Waals surface area contributed by atoms with E-state index in [1.165, 1.54) is 44.9 Å². The summed E-state index contributed by atoms with van der Waals surface area (Å²) in [5.41, 5.74) is 6.06. The van der Waals surface area contributed by atoms with Crippen molar-refractivity contribution in [2.75, 3.05) is 13.2 Å². The first kappa shape index (κ1) is 15.5. The lowest BCUT2D eigenvalue weighted by atomic mass is 9.77. The average molecular weight is 293 g/mol. The lowest BCUT2D eigenvalue weighted by Crippen LogP contribution is -2.25. The van der Waals surface area contributed by atoms with E-state index in [2.05, 4.69) is 26.4 Å². The molecule has 0 heterocycles. The van der Waals surface area contributed by atoms with Gasteiger partial charge >= 0.3 is 0 Å². The van der Waals surface area contributed by atoms with Crippen LogP contribution in [0.2, 0.25) is 0 Å². The third-order valence-electron chi connectivity index (χ3n) is 6.07. The van der Waals surface area contributed by atoms with E-state index < -0.39 is 0 Å². The standard InChI is InChI=1S/C18H31NO2/c1-13(16-7-5-4-6-8-16)17-14(2)18(17,3)12-21-19-20-11-15-9-10-15/h13,15-16,19H,4-12H2,1-3H3/t13-,18+/m0/s1. The van der Waals surface area contributed by atoms with Gasteiger partial charge in [-0.25, -0.2) is 0 Å². The molecule has 0 aromatic heterocycles. The Hall–Kier alpha value is -0.380. The Morgan fingerprint density at radius 2 is 1.86 bits per heavy atom. The van der Waals surface area contributed by atoms with Gasteiger partial charge in [0.1, 0.15) is 0 Å². The molecule has 1 N–H and O–H groups in total. The van der Waals surface area contributed by atoms with Crippen molar-refractivity contribution in [3.63, 3.8) is 0 Å². The summed E-state index contributed by atoms with van der Waals surface area (Å²) in [6.45, 7) is 8.52. The van der Waals surface area contributed by atoms with E-state index in [0.29, 0.717) is 6.61 Å². The molecule has 0 aromatic carbocycles. The normalized spacial score (nSPS) is 31.6. The van der Waals surface area contributed by atoms with E-state index in [9.17, 15) is 0 Å². The fourth-order valence-electron chi connectivity index (χ4n) is 4.17. The van der Waals surface area contributed by atoms with Gasteiger partial charge in [-0.05, 0) is 57.3 Å². The molecule has 2 saturated carbocycles. The van der Waals surface area contributed by atoms with E-state index in [1.807, 2.05) is 0 Å². The van der Waals surface area contributed by atoms with Crippen LogP contribution in [0, 0.1) is 23.2 Å². The Morgan fingerprint density at radius 1 is 1.14 bits per heavy atom. The number of nitrogens with one attached hydrogen (secondary N) is 1. The summed E-state index contributed by atoms with van der Waals surface area (Å²) in [6, 6.07) is 0. The van der Waals surface area contributed by atoms with Crippen molar-refractivity contribution < 1.29 is 9.68 Å². The first-order chi connectivity index (χ1) is 10.1. The van der Waals surface area contributed by atoms with Gasteiger partial charge in [0.05, 0.1) is 13.2 Å². The molecule has 0 saturated heterocycles. The average Bonchev–Trinajstić information content (AvgIpc) is 3.39. The zero-order valence-electron chi connectivity index (χ0n) is 13.9. The van der Waals surface area contributed by atoms with Crippen LogP contribution in [0.1, 0.15) is 65.7 Å². The number of hydrogen-bond acceptors (Lipinski definition) is 3. The number of rotatable bonds is 8. The van der Waals surface area contributed by atoms with Gasteiger partial charge in [-0.1, -0.05) is 43.0 Å². The highest BCUT2D eigenvalue weighted by molar-refractivity contribution is 5.48. The molecule has 3 heteroatoms. The third kappa shape index (κ3) is 3.52. The summed E-state index contributed by atoms with van der Waals surface area (Å²) >= 11 is 0. The topological polar surface area (TPSA) is 30.5 Å². The van der Waals surface area contributed by atoms with Crippen molar-refractivity contribution in [1.29, 1.82) is 0 Å². The SMILES string of the molecule is CC1=C([C@@H](C)C2CCCCC2)[C@]1(C)CONOCC1CC1. The fourth-order valence-corrected chi connectivity index (χ4v) is 4.17. The quantitative estimate of drug-likeness (QED) is 0.409. The van der Waals surface area contributed by atoms with Crippen LogP contribution >= 0.6 is 0 Å². The molecule has 3 aliphatic carbocycles. The molecule has 0 spiro atoms. The van der Waals surface area contributed by atoms with Crippen LogP contribution in [0.4, 0.5) is 0 Å². The van der Waals surface area contributed by atoms with E-state index in [-0.39, 0.29) is 5.41 Å². The second-order valence-electron chi connectivity index (χ2n) is 7.68. The minimum Gasteiger partial charge on any atom is -0.276 e. The van der Waals surface area contributed by atoms with Crippen molar-refractivity contribution >= 4 is 0 Å². The van der Waals surface area contributed by atoms with Crippen LogP contribution in [-0.2, 0) is 9.68 Å². The summed E-state index contributed by atoms with van der Waals surface area (Å²) < 4.78 is 0. The van der Waals surface area contributed by atoms with E-state index in [4.69, 9.17) is 9.68 Å². The van der Waals surface area contributed by atoms with Crippen molar-refractivity contribution in [2.24, 2.45) is 23.2 Å².